The zero-order chi connectivity index (χ0) is 14.3. The highest BCUT2D eigenvalue weighted by Gasteiger charge is 2.12. The van der Waals surface area contributed by atoms with Crippen molar-refractivity contribution in [2.24, 2.45) is 0 Å². The molecule has 1 rings (SSSR count). The van der Waals surface area contributed by atoms with Crippen LogP contribution in [0.1, 0.15) is 24.2 Å². The number of hydrogen-bond donors (Lipinski definition) is 2. The van der Waals surface area contributed by atoms with Crippen LogP contribution in [0.25, 0.3) is 0 Å². The van der Waals surface area contributed by atoms with Crippen molar-refractivity contribution in [3.8, 4) is 0 Å². The number of carbonyl (C=O) groups excluding carboxylic acids is 1. The number of rotatable bonds is 7. The number of hydrogen-bond acceptors (Lipinski definition) is 4. The fraction of sp³-hybridized carbons (Fsp3) is 0.462. The monoisotopic (exact) mass is 286 g/mol. The number of halogens is 1. The Bertz CT molecular complexity index is 420. The molecule has 0 spiro atoms. The summed E-state index contributed by atoms with van der Waals surface area (Å²) in [5.41, 5.74) is 6.48. The maximum Gasteiger partial charge on any atom is 0.251 e. The van der Waals surface area contributed by atoms with E-state index in [1.165, 1.54) is 6.07 Å². The first kappa shape index (κ1) is 15.8. The van der Waals surface area contributed by atoms with E-state index >= 15 is 0 Å². The molecular weight excluding hydrogens is 268 g/mol. The van der Waals surface area contributed by atoms with Crippen LogP contribution in [0.15, 0.2) is 18.2 Å². The molecule has 1 aromatic carbocycles. The molecule has 0 radical (unpaired) electrons. The highest BCUT2D eigenvalue weighted by atomic mass is 35.5. The van der Waals surface area contributed by atoms with Gasteiger partial charge in [-0.1, -0.05) is 11.6 Å². The third kappa shape index (κ3) is 5.06. The number of anilines is 1. The summed E-state index contributed by atoms with van der Waals surface area (Å²) >= 11 is 5.80. The Morgan fingerprint density at radius 1 is 1.37 bits per heavy atom. The molecule has 0 saturated heterocycles. The summed E-state index contributed by atoms with van der Waals surface area (Å²) in [5, 5.41) is 3.16. The van der Waals surface area contributed by atoms with E-state index in [2.05, 4.69) is 5.32 Å². The van der Waals surface area contributed by atoms with E-state index in [9.17, 15) is 4.79 Å². The largest absolute Gasteiger partial charge is 0.398 e. The van der Waals surface area contributed by atoms with E-state index in [0.717, 1.165) is 0 Å². The summed E-state index contributed by atoms with van der Waals surface area (Å²) in [6.07, 6.45) is -0.441. The van der Waals surface area contributed by atoms with Gasteiger partial charge in [-0.15, -0.1) is 0 Å². The number of benzene rings is 1. The Labute approximate surface area is 118 Å². The van der Waals surface area contributed by atoms with Gasteiger partial charge in [-0.05, 0) is 32.0 Å². The van der Waals surface area contributed by atoms with Gasteiger partial charge in [0.25, 0.3) is 5.91 Å². The summed E-state index contributed by atoms with van der Waals surface area (Å²) in [4.78, 5) is 11.9. The molecule has 0 aliphatic carbocycles. The lowest BCUT2D eigenvalue weighted by atomic mass is 10.2. The van der Waals surface area contributed by atoms with Crippen molar-refractivity contribution in [1.82, 2.24) is 5.32 Å². The maximum absolute atomic E-state index is 11.9. The fourth-order valence-electron chi connectivity index (χ4n) is 1.50. The Kier molecular flexibility index (Phi) is 6.62. The smallest absolute Gasteiger partial charge is 0.251 e. The van der Waals surface area contributed by atoms with E-state index in [-0.39, 0.29) is 12.5 Å². The van der Waals surface area contributed by atoms with Crippen LogP contribution in [-0.4, -0.2) is 32.0 Å². The van der Waals surface area contributed by atoms with E-state index in [4.69, 9.17) is 26.8 Å². The molecule has 0 fully saturated rings. The summed E-state index contributed by atoms with van der Waals surface area (Å²) < 4.78 is 10.7. The fourth-order valence-corrected chi connectivity index (χ4v) is 1.62. The van der Waals surface area contributed by atoms with Crippen LogP contribution in [0.5, 0.6) is 0 Å². The molecule has 5 nitrogen and oxygen atoms in total. The van der Waals surface area contributed by atoms with Crippen molar-refractivity contribution in [1.29, 1.82) is 0 Å². The highest BCUT2D eigenvalue weighted by Crippen LogP contribution is 2.19. The molecule has 1 amide bonds. The van der Waals surface area contributed by atoms with Crippen molar-refractivity contribution in [3.05, 3.63) is 28.8 Å². The maximum atomic E-state index is 11.9. The van der Waals surface area contributed by atoms with Gasteiger partial charge in [-0.2, -0.15) is 0 Å². The van der Waals surface area contributed by atoms with Crippen molar-refractivity contribution in [3.63, 3.8) is 0 Å². The normalized spacial score (nSPS) is 10.7. The standard InChI is InChI=1S/C13H19ClN2O3/c1-3-18-12(19-4-2)8-16-13(17)9-5-6-10(14)11(15)7-9/h5-7,12H,3-4,8,15H2,1-2H3,(H,16,17). The third-order valence-electron chi connectivity index (χ3n) is 2.39. The number of ether oxygens (including phenoxy) is 2. The van der Waals surface area contributed by atoms with Crippen molar-refractivity contribution >= 4 is 23.2 Å². The first-order valence-corrected chi connectivity index (χ1v) is 6.52. The van der Waals surface area contributed by atoms with Crippen molar-refractivity contribution < 1.29 is 14.3 Å². The van der Waals surface area contributed by atoms with Gasteiger partial charge in [0, 0.05) is 18.8 Å². The van der Waals surface area contributed by atoms with Crippen molar-refractivity contribution in [2.75, 3.05) is 25.5 Å². The minimum Gasteiger partial charge on any atom is -0.398 e. The molecule has 0 aliphatic rings. The van der Waals surface area contributed by atoms with Gasteiger partial charge in [0.2, 0.25) is 0 Å². The lowest BCUT2D eigenvalue weighted by Gasteiger charge is -2.17. The molecule has 0 heterocycles. The number of carbonyl (C=O) groups is 1. The van der Waals surface area contributed by atoms with Gasteiger partial charge in [-0.25, -0.2) is 0 Å². The summed E-state index contributed by atoms with van der Waals surface area (Å²) in [7, 11) is 0. The van der Waals surface area contributed by atoms with E-state index < -0.39 is 6.29 Å². The van der Waals surface area contributed by atoms with Crippen LogP contribution >= 0.6 is 11.6 Å². The minimum absolute atomic E-state index is 0.243. The molecule has 1 aromatic rings. The molecule has 0 aromatic heterocycles. The number of nitrogens with two attached hydrogens (primary N) is 1. The Balaban J connectivity index is 2.56. The van der Waals surface area contributed by atoms with Crippen LogP contribution in [-0.2, 0) is 9.47 Å². The third-order valence-corrected chi connectivity index (χ3v) is 2.74. The lowest BCUT2D eigenvalue weighted by Crippen LogP contribution is -2.35. The molecule has 3 N–H and O–H groups in total. The Hall–Kier alpha value is -1.30. The first-order chi connectivity index (χ1) is 9.08. The van der Waals surface area contributed by atoms with Crippen LogP contribution in [0.4, 0.5) is 5.69 Å². The molecule has 106 valence electrons. The van der Waals surface area contributed by atoms with E-state index in [1.54, 1.807) is 12.1 Å². The second-order valence-corrected chi connectivity index (χ2v) is 4.19. The van der Waals surface area contributed by atoms with Crippen molar-refractivity contribution in [2.45, 2.75) is 20.1 Å². The second-order valence-electron chi connectivity index (χ2n) is 3.79. The topological polar surface area (TPSA) is 73.6 Å². The van der Waals surface area contributed by atoms with Crippen LogP contribution < -0.4 is 11.1 Å². The zero-order valence-corrected chi connectivity index (χ0v) is 11.9. The number of nitrogen functional groups attached to an aromatic ring is 1. The quantitative estimate of drug-likeness (QED) is 0.594. The second kappa shape index (κ2) is 7.99. The zero-order valence-electron chi connectivity index (χ0n) is 11.1. The average molecular weight is 287 g/mol. The Morgan fingerprint density at radius 2 is 2.00 bits per heavy atom. The average Bonchev–Trinajstić information content (AvgIpc) is 2.39. The predicted octanol–water partition coefficient (Wildman–Crippen LogP) is 2.05. The lowest BCUT2D eigenvalue weighted by molar-refractivity contribution is -0.131. The van der Waals surface area contributed by atoms with E-state index in [1.807, 2.05) is 13.8 Å². The van der Waals surface area contributed by atoms with Gasteiger partial charge in [0.1, 0.15) is 0 Å². The first-order valence-electron chi connectivity index (χ1n) is 6.14. The van der Waals surface area contributed by atoms with E-state index in [0.29, 0.717) is 29.5 Å². The minimum atomic E-state index is -0.441. The highest BCUT2D eigenvalue weighted by molar-refractivity contribution is 6.33. The number of nitrogens with one attached hydrogen (secondary N) is 1. The Morgan fingerprint density at radius 3 is 2.53 bits per heavy atom. The SMILES string of the molecule is CCOC(CNC(=O)c1ccc(Cl)c(N)c1)OCC. The summed E-state index contributed by atoms with van der Waals surface area (Å²) in [5.74, 6) is -0.243. The van der Waals surface area contributed by atoms with Gasteiger partial charge < -0.3 is 20.5 Å². The molecule has 0 saturated carbocycles. The molecule has 0 atom stereocenters. The van der Waals surface area contributed by atoms with Crippen LogP contribution in [0, 0.1) is 0 Å². The molecule has 19 heavy (non-hydrogen) atoms. The summed E-state index contributed by atoms with van der Waals surface area (Å²) in [6.45, 7) is 5.06. The van der Waals surface area contributed by atoms with Crippen LogP contribution in [0.3, 0.4) is 0 Å². The van der Waals surface area contributed by atoms with Gasteiger partial charge in [0.05, 0.1) is 17.3 Å². The molecular formula is C13H19ClN2O3. The number of amides is 1. The molecule has 0 aliphatic heterocycles. The van der Waals surface area contributed by atoms with Gasteiger partial charge in [0.15, 0.2) is 6.29 Å². The summed E-state index contributed by atoms with van der Waals surface area (Å²) in [6, 6.07) is 4.74. The molecule has 0 bridgehead atoms. The molecule has 6 heteroatoms. The predicted molar refractivity (Wildman–Crippen MR) is 75.2 cm³/mol. The van der Waals surface area contributed by atoms with Crippen LogP contribution in [0.2, 0.25) is 5.02 Å². The van der Waals surface area contributed by atoms with Gasteiger partial charge >= 0.3 is 0 Å². The van der Waals surface area contributed by atoms with Gasteiger partial charge in [-0.3, -0.25) is 4.79 Å². The molecule has 0 unspecified atom stereocenters.